The van der Waals surface area contributed by atoms with Crippen LogP contribution >= 0.6 is 12.4 Å². The summed E-state index contributed by atoms with van der Waals surface area (Å²) in [6.45, 7) is 0.00625. The number of aliphatic hydroxyl groups is 1. The fourth-order valence-corrected chi connectivity index (χ4v) is 0.285. The van der Waals surface area contributed by atoms with Crippen LogP contribution in [0.1, 0.15) is 6.42 Å². The van der Waals surface area contributed by atoms with E-state index in [1.807, 2.05) is 0 Å². The summed E-state index contributed by atoms with van der Waals surface area (Å²) in [5, 5.41) is 16.5. The number of hydrogen-bond donors (Lipinski definition) is 3. The fourth-order valence-electron chi connectivity index (χ4n) is 0.285. The lowest BCUT2D eigenvalue weighted by molar-refractivity contribution is -0.139. The molecule has 0 amide bonds. The van der Waals surface area contributed by atoms with Gasteiger partial charge in [0.25, 0.3) is 0 Å². The van der Waals surface area contributed by atoms with Crippen molar-refractivity contribution in [2.75, 3.05) is 6.54 Å². The zero-order chi connectivity index (χ0) is 6.57. The number of hydrogen-bond acceptors (Lipinski definition) is 3. The van der Waals surface area contributed by atoms with Gasteiger partial charge in [0.15, 0.2) is 0 Å². The van der Waals surface area contributed by atoms with Gasteiger partial charge in [-0.1, -0.05) is 0 Å². The molecule has 0 saturated heterocycles. The molecule has 0 fully saturated rings. The maximum absolute atomic E-state index is 9.75. The maximum Gasteiger partial charge on any atom is 0.306 e. The third kappa shape index (κ3) is 7.68. The number of carbonyl (C=O) groups is 1. The highest BCUT2D eigenvalue weighted by molar-refractivity contribution is 5.85. The SMILES string of the molecule is Cl.NC[C@@H](O)CC(=O)O. The number of halogens is 1. The lowest BCUT2D eigenvalue weighted by Gasteiger charge is -2.00. The first-order chi connectivity index (χ1) is 3.66. The van der Waals surface area contributed by atoms with Gasteiger partial charge < -0.3 is 15.9 Å². The van der Waals surface area contributed by atoms with Crippen molar-refractivity contribution < 1.29 is 15.0 Å². The van der Waals surface area contributed by atoms with E-state index in [4.69, 9.17) is 15.9 Å². The summed E-state index contributed by atoms with van der Waals surface area (Å²) < 4.78 is 0. The van der Waals surface area contributed by atoms with E-state index in [-0.39, 0.29) is 25.4 Å². The molecule has 4 N–H and O–H groups in total. The minimum absolute atomic E-state index is 0. The highest BCUT2D eigenvalue weighted by Gasteiger charge is 2.04. The van der Waals surface area contributed by atoms with Crippen LogP contribution in [0.4, 0.5) is 0 Å². The van der Waals surface area contributed by atoms with E-state index >= 15 is 0 Å². The Balaban J connectivity index is 0. The van der Waals surface area contributed by atoms with Gasteiger partial charge in [-0.25, -0.2) is 0 Å². The van der Waals surface area contributed by atoms with Crippen molar-refractivity contribution in [2.45, 2.75) is 12.5 Å². The van der Waals surface area contributed by atoms with Gasteiger partial charge in [-0.15, -0.1) is 12.4 Å². The van der Waals surface area contributed by atoms with Crippen LogP contribution in [0.25, 0.3) is 0 Å². The van der Waals surface area contributed by atoms with E-state index in [1.165, 1.54) is 0 Å². The van der Waals surface area contributed by atoms with Crippen molar-refractivity contribution in [1.82, 2.24) is 0 Å². The van der Waals surface area contributed by atoms with Crippen LogP contribution in [0.2, 0.25) is 0 Å². The maximum atomic E-state index is 9.75. The van der Waals surface area contributed by atoms with Crippen molar-refractivity contribution >= 4 is 18.4 Å². The third-order valence-electron chi connectivity index (χ3n) is 0.682. The molecule has 4 nitrogen and oxygen atoms in total. The third-order valence-corrected chi connectivity index (χ3v) is 0.682. The fraction of sp³-hybridized carbons (Fsp3) is 0.750. The molecule has 9 heavy (non-hydrogen) atoms. The van der Waals surface area contributed by atoms with Crippen LogP contribution in [0.3, 0.4) is 0 Å². The predicted octanol–water partition coefficient (Wildman–Crippen LogP) is -0.798. The highest BCUT2D eigenvalue weighted by atomic mass is 35.5. The molecule has 0 aromatic carbocycles. The first-order valence-electron chi connectivity index (χ1n) is 2.26. The van der Waals surface area contributed by atoms with Gasteiger partial charge in [0.05, 0.1) is 12.5 Å². The molecule has 0 aromatic heterocycles. The molecule has 0 aliphatic carbocycles. The number of carboxylic acid groups (broad SMARTS) is 1. The first-order valence-corrected chi connectivity index (χ1v) is 2.26. The minimum Gasteiger partial charge on any atom is -0.481 e. The van der Waals surface area contributed by atoms with Crippen LogP contribution in [-0.2, 0) is 4.79 Å². The Kier molecular flexibility index (Phi) is 7.41. The highest BCUT2D eigenvalue weighted by Crippen LogP contribution is 1.85. The molecule has 0 rings (SSSR count). The van der Waals surface area contributed by atoms with Gasteiger partial charge in [0.1, 0.15) is 0 Å². The van der Waals surface area contributed by atoms with Gasteiger partial charge in [-0.3, -0.25) is 4.79 Å². The van der Waals surface area contributed by atoms with Crippen molar-refractivity contribution in [1.29, 1.82) is 0 Å². The second-order valence-electron chi connectivity index (χ2n) is 1.49. The molecular formula is C4H10ClNO3. The van der Waals surface area contributed by atoms with Crippen molar-refractivity contribution in [3.8, 4) is 0 Å². The Labute approximate surface area is 59.1 Å². The van der Waals surface area contributed by atoms with Crippen LogP contribution in [0.15, 0.2) is 0 Å². The molecule has 0 aromatic rings. The van der Waals surface area contributed by atoms with Crippen LogP contribution < -0.4 is 5.73 Å². The summed E-state index contributed by atoms with van der Waals surface area (Å²) in [5.41, 5.74) is 4.91. The van der Waals surface area contributed by atoms with E-state index in [9.17, 15) is 4.79 Å². The summed E-state index contributed by atoms with van der Waals surface area (Å²) in [6.07, 6.45) is -1.16. The van der Waals surface area contributed by atoms with Gasteiger partial charge in [0.2, 0.25) is 0 Å². The van der Waals surface area contributed by atoms with E-state index < -0.39 is 12.1 Å². The molecule has 0 aliphatic heterocycles. The summed E-state index contributed by atoms with van der Waals surface area (Å²) in [6, 6.07) is 0. The first kappa shape index (κ1) is 11.5. The molecule has 0 radical (unpaired) electrons. The Hall–Kier alpha value is -0.320. The second kappa shape index (κ2) is 5.81. The topological polar surface area (TPSA) is 83.5 Å². The van der Waals surface area contributed by atoms with E-state index in [0.717, 1.165) is 0 Å². The lowest BCUT2D eigenvalue weighted by Crippen LogP contribution is -2.22. The number of aliphatic hydroxyl groups excluding tert-OH is 1. The van der Waals surface area contributed by atoms with Crippen molar-refractivity contribution in [3.05, 3.63) is 0 Å². The molecule has 0 unspecified atom stereocenters. The average molecular weight is 156 g/mol. The van der Waals surface area contributed by atoms with Crippen LogP contribution in [0.5, 0.6) is 0 Å². The molecule has 0 bridgehead atoms. The molecule has 0 saturated carbocycles. The Morgan fingerprint density at radius 2 is 2.11 bits per heavy atom. The van der Waals surface area contributed by atoms with Crippen LogP contribution in [0, 0.1) is 0 Å². The van der Waals surface area contributed by atoms with E-state index in [1.54, 1.807) is 0 Å². The summed E-state index contributed by atoms with van der Waals surface area (Å²) >= 11 is 0. The molecule has 5 heteroatoms. The van der Waals surface area contributed by atoms with Gasteiger partial charge >= 0.3 is 5.97 Å². The minimum atomic E-state index is -1.03. The number of nitrogens with two attached hydrogens (primary N) is 1. The summed E-state index contributed by atoms with van der Waals surface area (Å²) in [4.78, 5) is 9.75. The second-order valence-corrected chi connectivity index (χ2v) is 1.49. The zero-order valence-corrected chi connectivity index (χ0v) is 5.60. The van der Waals surface area contributed by atoms with Crippen molar-refractivity contribution in [2.24, 2.45) is 5.73 Å². The number of rotatable bonds is 3. The van der Waals surface area contributed by atoms with Gasteiger partial charge in [-0.05, 0) is 0 Å². The zero-order valence-electron chi connectivity index (χ0n) is 4.78. The standard InChI is InChI=1S/C4H9NO3.ClH/c5-2-3(6)1-4(7)8;/h3,6H,1-2,5H2,(H,7,8);1H/t3-;/m0./s1. The van der Waals surface area contributed by atoms with Crippen LogP contribution in [-0.4, -0.2) is 28.8 Å². The Morgan fingerprint density at radius 3 is 2.22 bits per heavy atom. The quantitative estimate of drug-likeness (QED) is 0.499. The van der Waals surface area contributed by atoms with Gasteiger partial charge in [-0.2, -0.15) is 0 Å². The molecular weight excluding hydrogens is 146 g/mol. The monoisotopic (exact) mass is 155 g/mol. The largest absolute Gasteiger partial charge is 0.481 e. The molecule has 0 aliphatic rings. The van der Waals surface area contributed by atoms with E-state index in [0.29, 0.717) is 0 Å². The Bertz CT molecular complexity index is 87.9. The van der Waals surface area contributed by atoms with Crippen molar-refractivity contribution in [3.63, 3.8) is 0 Å². The lowest BCUT2D eigenvalue weighted by atomic mass is 10.3. The molecule has 0 heterocycles. The number of aliphatic carboxylic acids is 1. The predicted molar refractivity (Wildman–Crippen MR) is 34.6 cm³/mol. The Morgan fingerprint density at radius 1 is 1.67 bits per heavy atom. The summed E-state index contributed by atoms with van der Waals surface area (Å²) in [5.74, 6) is -1.03. The van der Waals surface area contributed by atoms with Gasteiger partial charge in [0, 0.05) is 6.54 Å². The normalized spacial score (nSPS) is 11.8. The summed E-state index contributed by atoms with van der Waals surface area (Å²) in [7, 11) is 0. The van der Waals surface area contributed by atoms with E-state index in [2.05, 4.69) is 0 Å². The number of carboxylic acids is 1. The smallest absolute Gasteiger partial charge is 0.306 e. The average Bonchev–Trinajstić information content (AvgIpc) is 1.65. The molecule has 1 atom stereocenters. The molecule has 0 spiro atoms. The molecule has 56 valence electrons.